The summed E-state index contributed by atoms with van der Waals surface area (Å²) in [7, 11) is 3.18. The predicted molar refractivity (Wildman–Crippen MR) is 104 cm³/mol. The van der Waals surface area contributed by atoms with Gasteiger partial charge >= 0.3 is 5.97 Å². The van der Waals surface area contributed by atoms with E-state index in [0.717, 1.165) is 11.1 Å². The number of esters is 1. The lowest BCUT2D eigenvalue weighted by Crippen LogP contribution is -2.04. The number of rotatable bonds is 3. The Balaban J connectivity index is 2.02. The average Bonchev–Trinajstić information content (AvgIpc) is 3.13. The van der Waals surface area contributed by atoms with Crippen molar-refractivity contribution in [2.24, 2.45) is 7.05 Å². The van der Waals surface area contributed by atoms with Gasteiger partial charge in [-0.15, -0.1) is 0 Å². The van der Waals surface area contributed by atoms with Gasteiger partial charge in [0.25, 0.3) is 0 Å². The van der Waals surface area contributed by atoms with Crippen LogP contribution in [-0.2, 0) is 11.8 Å². The Labute approximate surface area is 155 Å². The molecule has 0 aliphatic rings. The summed E-state index contributed by atoms with van der Waals surface area (Å²) in [6.07, 6.45) is 1.69. The van der Waals surface area contributed by atoms with Crippen molar-refractivity contribution in [1.82, 2.24) is 4.57 Å². The Morgan fingerprint density at radius 3 is 2.33 bits per heavy atom. The molecule has 5 nitrogen and oxygen atoms in total. The minimum absolute atomic E-state index is 0.110. The van der Waals surface area contributed by atoms with E-state index in [9.17, 15) is 9.59 Å². The summed E-state index contributed by atoms with van der Waals surface area (Å²) >= 11 is 0. The quantitative estimate of drug-likeness (QED) is 0.513. The molecule has 0 unspecified atom stereocenters. The molecule has 5 heteroatoms. The maximum absolute atomic E-state index is 12.6. The van der Waals surface area contributed by atoms with Crippen molar-refractivity contribution in [1.29, 1.82) is 0 Å². The number of carbonyl (C=O) groups is 1. The molecular formula is C22H17NO4. The topological polar surface area (TPSA) is 61.4 Å². The number of hydrogen-bond acceptors (Lipinski definition) is 4. The van der Waals surface area contributed by atoms with Crippen LogP contribution in [-0.4, -0.2) is 17.6 Å². The van der Waals surface area contributed by atoms with Gasteiger partial charge in [0.15, 0.2) is 5.43 Å². The minimum atomic E-state index is -0.405. The molecular weight excluding hydrogens is 342 g/mol. The Hall–Kier alpha value is -3.60. The van der Waals surface area contributed by atoms with E-state index < -0.39 is 5.97 Å². The third-order valence-corrected chi connectivity index (χ3v) is 4.54. The number of pyridine rings is 1. The fraction of sp³-hybridized carbons (Fsp3) is 0.0909. The van der Waals surface area contributed by atoms with Crippen molar-refractivity contribution in [2.75, 3.05) is 7.11 Å². The number of ether oxygens (including phenoxy) is 1. The number of aromatic nitrogens is 1. The summed E-state index contributed by atoms with van der Waals surface area (Å²) in [5, 5.41) is 0.518. The van der Waals surface area contributed by atoms with Crippen LogP contribution in [0.4, 0.5) is 0 Å². The Bertz CT molecular complexity index is 1180. The molecule has 2 aromatic carbocycles. The van der Waals surface area contributed by atoms with E-state index in [1.165, 1.54) is 13.2 Å². The smallest absolute Gasteiger partial charge is 0.337 e. The highest BCUT2D eigenvalue weighted by molar-refractivity contribution is 6.01. The SMILES string of the molecule is COC(=O)c1ccc(-c2c(-c3ccccc3)oc3c2c(=O)ccn3C)cc1. The fourth-order valence-corrected chi connectivity index (χ4v) is 3.19. The molecule has 0 radical (unpaired) electrons. The molecule has 4 rings (SSSR count). The second kappa shape index (κ2) is 6.61. The van der Waals surface area contributed by atoms with Crippen LogP contribution in [0.2, 0.25) is 0 Å². The molecule has 0 saturated carbocycles. The average molecular weight is 359 g/mol. The Morgan fingerprint density at radius 2 is 1.67 bits per heavy atom. The minimum Gasteiger partial charge on any atom is -0.465 e. The van der Waals surface area contributed by atoms with Gasteiger partial charge < -0.3 is 13.7 Å². The van der Waals surface area contributed by atoms with E-state index in [2.05, 4.69) is 0 Å². The molecule has 0 amide bonds. The van der Waals surface area contributed by atoms with Crippen LogP contribution >= 0.6 is 0 Å². The van der Waals surface area contributed by atoms with E-state index in [4.69, 9.17) is 9.15 Å². The Morgan fingerprint density at radius 1 is 0.963 bits per heavy atom. The second-order valence-corrected chi connectivity index (χ2v) is 6.21. The maximum Gasteiger partial charge on any atom is 0.337 e. The van der Waals surface area contributed by atoms with Gasteiger partial charge in [0.2, 0.25) is 5.71 Å². The molecule has 4 aromatic rings. The van der Waals surface area contributed by atoms with Crippen LogP contribution in [0.3, 0.4) is 0 Å². The number of carbonyl (C=O) groups excluding carboxylic acids is 1. The van der Waals surface area contributed by atoms with Crippen molar-refractivity contribution in [2.45, 2.75) is 0 Å². The van der Waals surface area contributed by atoms with E-state index >= 15 is 0 Å². The highest BCUT2D eigenvalue weighted by atomic mass is 16.5. The van der Waals surface area contributed by atoms with Crippen LogP contribution < -0.4 is 5.43 Å². The monoisotopic (exact) mass is 359 g/mol. The van der Waals surface area contributed by atoms with E-state index in [1.54, 1.807) is 35.0 Å². The van der Waals surface area contributed by atoms with Crippen LogP contribution in [0.15, 0.2) is 76.1 Å². The first-order valence-corrected chi connectivity index (χ1v) is 8.46. The molecule has 0 spiro atoms. The van der Waals surface area contributed by atoms with Gasteiger partial charge in [-0.25, -0.2) is 4.79 Å². The number of fused-ring (bicyclic) bond motifs is 1. The van der Waals surface area contributed by atoms with Gasteiger partial charge in [0, 0.05) is 30.4 Å². The summed E-state index contributed by atoms with van der Waals surface area (Å²) in [5.74, 6) is 0.216. The lowest BCUT2D eigenvalue weighted by molar-refractivity contribution is 0.0601. The van der Waals surface area contributed by atoms with Crippen LogP contribution in [0.1, 0.15) is 10.4 Å². The van der Waals surface area contributed by atoms with Gasteiger partial charge in [-0.1, -0.05) is 42.5 Å². The Kier molecular flexibility index (Phi) is 4.12. The molecule has 0 bridgehead atoms. The zero-order valence-electron chi connectivity index (χ0n) is 14.9. The van der Waals surface area contributed by atoms with Crippen molar-refractivity contribution < 1.29 is 13.9 Å². The number of methoxy groups -OCH3 is 1. The summed E-state index contributed by atoms with van der Waals surface area (Å²) in [4.78, 5) is 24.4. The molecule has 2 aromatic heterocycles. The number of hydrogen-bond donors (Lipinski definition) is 0. The van der Waals surface area contributed by atoms with E-state index in [0.29, 0.717) is 28.0 Å². The summed E-state index contributed by atoms with van der Waals surface area (Å²) in [6, 6.07) is 18.1. The highest BCUT2D eigenvalue weighted by Crippen LogP contribution is 2.39. The first-order valence-electron chi connectivity index (χ1n) is 8.46. The summed E-state index contributed by atoms with van der Waals surface area (Å²) in [5.41, 5.74) is 3.23. The third-order valence-electron chi connectivity index (χ3n) is 4.54. The predicted octanol–water partition coefficient (Wildman–Crippen LogP) is 4.25. The zero-order valence-corrected chi connectivity index (χ0v) is 14.9. The lowest BCUT2D eigenvalue weighted by atomic mass is 9.98. The number of aryl methyl sites for hydroxylation is 1. The first kappa shape index (κ1) is 16.8. The fourth-order valence-electron chi connectivity index (χ4n) is 3.19. The van der Waals surface area contributed by atoms with Crippen molar-refractivity contribution in [3.63, 3.8) is 0 Å². The van der Waals surface area contributed by atoms with E-state index in [-0.39, 0.29) is 5.43 Å². The van der Waals surface area contributed by atoms with Gasteiger partial charge in [0.1, 0.15) is 5.76 Å². The largest absolute Gasteiger partial charge is 0.465 e. The molecule has 27 heavy (non-hydrogen) atoms. The summed E-state index contributed by atoms with van der Waals surface area (Å²) < 4.78 is 12.7. The van der Waals surface area contributed by atoms with Crippen molar-refractivity contribution >= 4 is 17.1 Å². The van der Waals surface area contributed by atoms with Gasteiger partial charge in [-0.3, -0.25) is 4.79 Å². The molecule has 0 aliphatic carbocycles. The number of benzene rings is 2. The molecule has 2 heterocycles. The maximum atomic E-state index is 12.6. The third kappa shape index (κ3) is 2.83. The number of nitrogens with zero attached hydrogens (tertiary/aromatic N) is 1. The highest BCUT2D eigenvalue weighted by Gasteiger charge is 2.21. The first-order chi connectivity index (χ1) is 13.1. The molecule has 0 fully saturated rings. The molecule has 0 aliphatic heterocycles. The van der Waals surface area contributed by atoms with Gasteiger partial charge in [0.05, 0.1) is 18.1 Å². The van der Waals surface area contributed by atoms with Crippen molar-refractivity contribution in [3.8, 4) is 22.5 Å². The van der Waals surface area contributed by atoms with Crippen LogP contribution in [0, 0.1) is 0 Å². The number of furan rings is 1. The second-order valence-electron chi connectivity index (χ2n) is 6.21. The van der Waals surface area contributed by atoms with E-state index in [1.807, 2.05) is 37.4 Å². The zero-order chi connectivity index (χ0) is 19.0. The molecule has 134 valence electrons. The van der Waals surface area contributed by atoms with Crippen LogP contribution in [0.25, 0.3) is 33.6 Å². The van der Waals surface area contributed by atoms with Crippen molar-refractivity contribution in [3.05, 3.63) is 82.6 Å². The normalized spacial score (nSPS) is 10.9. The lowest BCUT2D eigenvalue weighted by Gasteiger charge is -2.05. The molecule has 0 N–H and O–H groups in total. The summed E-state index contributed by atoms with van der Waals surface area (Å²) in [6.45, 7) is 0. The van der Waals surface area contributed by atoms with Gasteiger partial charge in [-0.05, 0) is 17.7 Å². The van der Waals surface area contributed by atoms with Gasteiger partial charge in [-0.2, -0.15) is 0 Å². The molecule has 0 atom stereocenters. The molecule has 0 saturated heterocycles. The van der Waals surface area contributed by atoms with Crippen LogP contribution in [0.5, 0.6) is 0 Å². The standard InChI is InChI=1S/C22H17NO4/c1-23-13-12-17(24)19-18(14-8-10-16(11-9-14)22(25)26-2)20(27-21(19)23)15-6-4-3-5-7-15/h3-13H,1-2H3.